The minimum Gasteiger partial charge on any atom is -0.301 e. The van der Waals surface area contributed by atoms with E-state index in [-0.39, 0.29) is 20.8 Å². The molecular formula is C10H17BrN4O3S2. The van der Waals surface area contributed by atoms with Gasteiger partial charge in [-0.3, -0.25) is 4.79 Å². The highest BCUT2D eigenvalue weighted by Crippen LogP contribution is 2.23. The number of hydrogen-bond acceptors (Lipinski definition) is 6. The molecule has 0 unspecified atom stereocenters. The summed E-state index contributed by atoms with van der Waals surface area (Å²) in [5.41, 5.74) is -0.165. The highest BCUT2D eigenvalue weighted by atomic mass is 79.9. The third kappa shape index (κ3) is 5.43. The van der Waals surface area contributed by atoms with Crippen LogP contribution in [0.3, 0.4) is 0 Å². The van der Waals surface area contributed by atoms with E-state index >= 15 is 0 Å². The van der Waals surface area contributed by atoms with Gasteiger partial charge >= 0.3 is 0 Å². The number of amides is 1. The van der Waals surface area contributed by atoms with Crippen molar-refractivity contribution in [3.05, 3.63) is 0 Å². The lowest BCUT2D eigenvalue weighted by Crippen LogP contribution is -2.34. The fourth-order valence-corrected chi connectivity index (χ4v) is 4.52. The van der Waals surface area contributed by atoms with Crippen LogP contribution in [0.2, 0.25) is 0 Å². The number of carbonyl (C=O) groups is 1. The molecule has 0 aliphatic heterocycles. The highest BCUT2D eigenvalue weighted by Gasteiger charge is 2.24. The zero-order valence-corrected chi connectivity index (χ0v) is 14.7. The molecule has 0 saturated carbocycles. The molecule has 0 aromatic carbocycles. The third-order valence-corrected chi connectivity index (χ3v) is 5.44. The fourth-order valence-electron chi connectivity index (χ4n) is 1.22. The fraction of sp³-hybridized carbons (Fsp3) is 0.700. The van der Waals surface area contributed by atoms with Gasteiger partial charge in [0, 0.05) is 18.8 Å². The maximum Gasteiger partial charge on any atom is 0.269 e. The van der Waals surface area contributed by atoms with E-state index in [1.165, 1.54) is 6.92 Å². The summed E-state index contributed by atoms with van der Waals surface area (Å²) >= 11 is 4.16. The zero-order valence-electron chi connectivity index (χ0n) is 11.4. The molecule has 0 radical (unpaired) electrons. The number of aromatic nitrogens is 2. The summed E-state index contributed by atoms with van der Waals surface area (Å²) in [6.07, 6.45) is 0.836. The number of alkyl halides is 1. The minimum absolute atomic E-state index is 0.157. The van der Waals surface area contributed by atoms with Crippen LogP contribution in [0.5, 0.6) is 0 Å². The van der Waals surface area contributed by atoms with Gasteiger partial charge in [0.1, 0.15) is 0 Å². The number of rotatable bonds is 7. The van der Waals surface area contributed by atoms with E-state index in [2.05, 4.69) is 36.2 Å². The van der Waals surface area contributed by atoms with Crippen LogP contribution in [-0.4, -0.2) is 36.4 Å². The summed E-state index contributed by atoms with van der Waals surface area (Å²) in [5.74, 6) is -0.323. The predicted molar refractivity (Wildman–Crippen MR) is 81.6 cm³/mol. The number of halogens is 1. The Morgan fingerprint density at radius 1 is 1.40 bits per heavy atom. The molecule has 1 rings (SSSR count). The molecule has 1 aromatic rings. The van der Waals surface area contributed by atoms with Crippen molar-refractivity contribution >= 4 is 48.3 Å². The summed E-state index contributed by atoms with van der Waals surface area (Å²) in [6.45, 7) is 5.56. The summed E-state index contributed by atoms with van der Waals surface area (Å²) in [4.78, 5) is 10.9. The number of carbonyl (C=O) groups excluding carboxylic acids is 1. The van der Waals surface area contributed by atoms with Gasteiger partial charge in [0.25, 0.3) is 10.0 Å². The molecule has 0 spiro atoms. The second-order valence-corrected chi connectivity index (χ2v) is 8.69. The molecule has 0 saturated heterocycles. The first-order valence-electron chi connectivity index (χ1n) is 5.83. The Morgan fingerprint density at radius 2 is 2.05 bits per heavy atom. The molecule has 0 aliphatic carbocycles. The van der Waals surface area contributed by atoms with Crippen molar-refractivity contribution in [3.8, 4) is 0 Å². The second kappa shape index (κ2) is 6.92. The van der Waals surface area contributed by atoms with Crippen LogP contribution >= 0.6 is 27.3 Å². The van der Waals surface area contributed by atoms with Crippen molar-refractivity contribution < 1.29 is 13.2 Å². The van der Waals surface area contributed by atoms with E-state index in [1.54, 1.807) is 0 Å². The van der Waals surface area contributed by atoms with Crippen molar-refractivity contribution in [2.45, 2.75) is 31.5 Å². The van der Waals surface area contributed by atoms with E-state index in [0.29, 0.717) is 6.54 Å². The van der Waals surface area contributed by atoms with Gasteiger partial charge in [-0.25, -0.2) is 13.1 Å². The van der Waals surface area contributed by atoms with Gasteiger partial charge in [0.15, 0.2) is 0 Å². The average molecular weight is 385 g/mol. The van der Waals surface area contributed by atoms with Crippen molar-refractivity contribution in [1.29, 1.82) is 0 Å². The highest BCUT2D eigenvalue weighted by molar-refractivity contribution is 9.09. The molecule has 7 nitrogen and oxygen atoms in total. The van der Waals surface area contributed by atoms with E-state index in [1.807, 2.05) is 13.8 Å². The normalized spacial score (nSPS) is 12.4. The van der Waals surface area contributed by atoms with Gasteiger partial charge in [-0.15, -0.1) is 10.2 Å². The van der Waals surface area contributed by atoms with Crippen LogP contribution in [0.4, 0.5) is 5.13 Å². The van der Waals surface area contributed by atoms with Crippen molar-refractivity contribution in [2.24, 2.45) is 5.41 Å². The first kappa shape index (κ1) is 17.5. The van der Waals surface area contributed by atoms with Crippen molar-refractivity contribution in [2.75, 3.05) is 17.2 Å². The molecular weight excluding hydrogens is 368 g/mol. The molecule has 0 aliphatic rings. The monoisotopic (exact) mass is 384 g/mol. The number of hydrogen-bond donors (Lipinski definition) is 2. The van der Waals surface area contributed by atoms with Crippen LogP contribution in [-0.2, 0) is 14.8 Å². The van der Waals surface area contributed by atoms with Gasteiger partial charge in [0.2, 0.25) is 15.4 Å². The molecule has 2 N–H and O–H groups in total. The van der Waals surface area contributed by atoms with E-state index < -0.39 is 10.0 Å². The van der Waals surface area contributed by atoms with E-state index in [0.717, 1.165) is 23.1 Å². The Morgan fingerprint density at radius 3 is 2.60 bits per heavy atom. The summed E-state index contributed by atoms with van der Waals surface area (Å²) in [5, 5.41) is 10.6. The number of nitrogens with one attached hydrogen (secondary N) is 2. The Kier molecular flexibility index (Phi) is 6.05. The molecule has 0 atom stereocenters. The molecule has 0 bridgehead atoms. The molecule has 10 heteroatoms. The Balaban J connectivity index is 2.74. The molecule has 114 valence electrons. The lowest BCUT2D eigenvalue weighted by molar-refractivity contribution is -0.114. The zero-order chi connectivity index (χ0) is 15.4. The van der Waals surface area contributed by atoms with Gasteiger partial charge in [-0.05, 0) is 11.8 Å². The summed E-state index contributed by atoms with van der Waals surface area (Å²) < 4.78 is 26.5. The minimum atomic E-state index is -3.70. The van der Waals surface area contributed by atoms with Crippen LogP contribution in [0.25, 0.3) is 0 Å². The largest absolute Gasteiger partial charge is 0.301 e. The van der Waals surface area contributed by atoms with Crippen LogP contribution < -0.4 is 10.0 Å². The average Bonchev–Trinajstić information content (AvgIpc) is 2.75. The second-order valence-electron chi connectivity index (χ2n) is 4.98. The van der Waals surface area contributed by atoms with Crippen LogP contribution in [0.15, 0.2) is 4.34 Å². The van der Waals surface area contributed by atoms with Gasteiger partial charge in [-0.1, -0.05) is 41.1 Å². The van der Waals surface area contributed by atoms with Crippen molar-refractivity contribution in [1.82, 2.24) is 14.9 Å². The van der Waals surface area contributed by atoms with Crippen molar-refractivity contribution in [3.63, 3.8) is 0 Å². The summed E-state index contributed by atoms with van der Waals surface area (Å²) in [7, 11) is -3.70. The lowest BCUT2D eigenvalue weighted by atomic mass is 9.91. The topological polar surface area (TPSA) is 101 Å². The quantitative estimate of drug-likeness (QED) is 0.548. The third-order valence-electron chi connectivity index (χ3n) is 2.43. The molecule has 1 heterocycles. The number of sulfonamides is 1. The van der Waals surface area contributed by atoms with Crippen LogP contribution in [0.1, 0.15) is 27.2 Å². The van der Waals surface area contributed by atoms with Gasteiger partial charge < -0.3 is 5.32 Å². The SMILES string of the molecule is CC(=O)Nc1nnc(S(=O)(=O)NCC(C)(C)CCBr)s1. The number of anilines is 1. The molecule has 0 fully saturated rings. The predicted octanol–water partition coefficient (Wildman–Crippen LogP) is 1.59. The first-order valence-corrected chi connectivity index (χ1v) is 9.25. The standard InChI is InChI=1S/C10H17BrN4O3S2/c1-7(16)13-8-14-15-9(19-8)20(17,18)12-6-10(2,3)4-5-11/h12H,4-6H2,1-3H3,(H,13,14,16). The smallest absolute Gasteiger partial charge is 0.269 e. The maximum atomic E-state index is 12.1. The first-order chi connectivity index (χ1) is 9.16. The Hall–Kier alpha value is -0.580. The Bertz CT molecular complexity index is 571. The number of nitrogens with zero attached hydrogens (tertiary/aromatic N) is 2. The summed E-state index contributed by atoms with van der Waals surface area (Å²) in [6, 6.07) is 0. The maximum absolute atomic E-state index is 12.1. The molecule has 1 amide bonds. The van der Waals surface area contributed by atoms with Gasteiger partial charge in [0.05, 0.1) is 0 Å². The lowest BCUT2D eigenvalue weighted by Gasteiger charge is -2.23. The van der Waals surface area contributed by atoms with Gasteiger partial charge in [-0.2, -0.15) is 0 Å². The molecule has 1 aromatic heterocycles. The van der Waals surface area contributed by atoms with E-state index in [9.17, 15) is 13.2 Å². The Labute approximate surface area is 130 Å². The molecule has 20 heavy (non-hydrogen) atoms. The van der Waals surface area contributed by atoms with E-state index in [4.69, 9.17) is 0 Å². The van der Waals surface area contributed by atoms with Crippen LogP contribution in [0, 0.1) is 5.41 Å².